The summed E-state index contributed by atoms with van der Waals surface area (Å²) in [6, 6.07) is 3.15. The van der Waals surface area contributed by atoms with Crippen LogP contribution in [0.5, 0.6) is 5.75 Å². The Bertz CT molecular complexity index is 516. The fourth-order valence-electron chi connectivity index (χ4n) is 2.66. The van der Waals surface area contributed by atoms with Crippen molar-refractivity contribution in [2.75, 3.05) is 13.2 Å². The van der Waals surface area contributed by atoms with E-state index < -0.39 is 0 Å². The van der Waals surface area contributed by atoms with E-state index in [9.17, 15) is 9.18 Å². The van der Waals surface area contributed by atoms with Crippen molar-refractivity contribution in [1.29, 1.82) is 0 Å². The van der Waals surface area contributed by atoms with E-state index in [4.69, 9.17) is 15.2 Å². The van der Waals surface area contributed by atoms with Gasteiger partial charge in [-0.25, -0.2) is 4.39 Å². The topological polar surface area (TPSA) is 61.5 Å². The Hall–Kier alpha value is -1.62. The quantitative estimate of drug-likeness (QED) is 0.817. The van der Waals surface area contributed by atoms with Crippen LogP contribution in [-0.4, -0.2) is 25.2 Å². The first kappa shape index (κ1) is 15.8. The number of halogens is 1. The zero-order valence-electron chi connectivity index (χ0n) is 12.5. The van der Waals surface area contributed by atoms with Crippen LogP contribution in [0, 0.1) is 11.7 Å². The van der Waals surface area contributed by atoms with Crippen LogP contribution >= 0.6 is 0 Å². The molecule has 2 unspecified atom stereocenters. The lowest BCUT2D eigenvalue weighted by Crippen LogP contribution is -2.23. The second-order valence-electron chi connectivity index (χ2n) is 5.61. The molecule has 1 aliphatic rings. The fraction of sp³-hybridized carbons (Fsp3) is 0.562. The van der Waals surface area contributed by atoms with Gasteiger partial charge >= 0.3 is 5.97 Å². The molecule has 0 spiro atoms. The maximum Gasteiger partial charge on any atom is 0.306 e. The molecule has 0 fully saturated rings. The molecule has 2 rings (SSSR count). The Balaban J connectivity index is 2.03. The molecule has 0 aliphatic heterocycles. The van der Waals surface area contributed by atoms with E-state index in [2.05, 4.69) is 0 Å². The van der Waals surface area contributed by atoms with Crippen molar-refractivity contribution in [1.82, 2.24) is 0 Å². The Morgan fingerprint density at radius 3 is 2.90 bits per heavy atom. The zero-order valence-corrected chi connectivity index (χ0v) is 12.5. The maximum atomic E-state index is 14.1. The molecular formula is C16H22FNO3. The molecule has 0 bridgehead atoms. The Morgan fingerprint density at radius 2 is 2.24 bits per heavy atom. The van der Waals surface area contributed by atoms with Crippen molar-refractivity contribution < 1.29 is 18.7 Å². The number of nitrogens with two attached hydrogens (primary N) is 1. The number of rotatable bonds is 6. The average Bonchev–Trinajstić information content (AvgIpc) is 2.79. The fourth-order valence-corrected chi connectivity index (χ4v) is 2.66. The van der Waals surface area contributed by atoms with Gasteiger partial charge in [0.1, 0.15) is 18.2 Å². The standard InChI is InChI=1S/C16H22FNO3/c1-3-20-16(19)6-11-4-12-7-13(21-9-10(2)18)8-15(17)14(12)5-11/h7-8,10-11H,3-6,9,18H2,1-2H3. The molecule has 1 aliphatic carbocycles. The predicted molar refractivity (Wildman–Crippen MR) is 77.7 cm³/mol. The molecule has 0 aromatic heterocycles. The van der Waals surface area contributed by atoms with Crippen LogP contribution in [0.4, 0.5) is 4.39 Å². The minimum absolute atomic E-state index is 0.0992. The van der Waals surface area contributed by atoms with E-state index >= 15 is 0 Å². The van der Waals surface area contributed by atoms with Crippen molar-refractivity contribution >= 4 is 5.97 Å². The summed E-state index contributed by atoms with van der Waals surface area (Å²) < 4.78 is 24.5. The van der Waals surface area contributed by atoms with Crippen molar-refractivity contribution in [3.05, 3.63) is 29.1 Å². The molecule has 2 atom stereocenters. The van der Waals surface area contributed by atoms with Crippen molar-refractivity contribution in [3.63, 3.8) is 0 Å². The first-order chi connectivity index (χ1) is 9.99. The lowest BCUT2D eigenvalue weighted by atomic mass is 10.0. The summed E-state index contributed by atoms with van der Waals surface area (Å²) in [7, 11) is 0. The number of hydrogen-bond acceptors (Lipinski definition) is 4. The molecule has 1 aromatic carbocycles. The van der Waals surface area contributed by atoms with Crippen LogP contribution in [0.15, 0.2) is 12.1 Å². The number of carbonyl (C=O) groups is 1. The van der Waals surface area contributed by atoms with Gasteiger partial charge in [0, 0.05) is 18.5 Å². The van der Waals surface area contributed by atoms with Gasteiger partial charge in [0.25, 0.3) is 0 Å². The normalized spacial score (nSPS) is 18.2. The van der Waals surface area contributed by atoms with Gasteiger partial charge in [0.2, 0.25) is 0 Å². The third kappa shape index (κ3) is 4.17. The highest BCUT2D eigenvalue weighted by Crippen LogP contribution is 2.34. The van der Waals surface area contributed by atoms with Gasteiger partial charge in [0.15, 0.2) is 0 Å². The van der Waals surface area contributed by atoms with Crippen molar-refractivity contribution in [2.24, 2.45) is 11.7 Å². The predicted octanol–water partition coefficient (Wildman–Crippen LogP) is 2.22. The van der Waals surface area contributed by atoms with E-state index in [-0.39, 0.29) is 23.7 Å². The molecular weight excluding hydrogens is 273 g/mol. The van der Waals surface area contributed by atoms with Gasteiger partial charge in [0.05, 0.1) is 6.61 Å². The largest absolute Gasteiger partial charge is 0.492 e. The van der Waals surface area contributed by atoms with E-state index in [1.807, 2.05) is 13.0 Å². The first-order valence-corrected chi connectivity index (χ1v) is 7.34. The highest BCUT2D eigenvalue weighted by Gasteiger charge is 2.27. The van der Waals surface area contributed by atoms with E-state index in [0.29, 0.717) is 43.8 Å². The molecule has 116 valence electrons. The van der Waals surface area contributed by atoms with E-state index in [1.54, 1.807) is 6.92 Å². The highest BCUT2D eigenvalue weighted by atomic mass is 19.1. The summed E-state index contributed by atoms with van der Waals surface area (Å²) in [6.45, 7) is 4.34. The van der Waals surface area contributed by atoms with Crippen LogP contribution in [-0.2, 0) is 22.4 Å². The number of carbonyl (C=O) groups excluding carboxylic acids is 1. The monoisotopic (exact) mass is 295 g/mol. The van der Waals surface area contributed by atoms with Crippen LogP contribution in [0.3, 0.4) is 0 Å². The molecule has 0 radical (unpaired) electrons. The van der Waals surface area contributed by atoms with E-state index in [0.717, 1.165) is 5.56 Å². The third-order valence-electron chi connectivity index (χ3n) is 3.54. The summed E-state index contributed by atoms with van der Waals surface area (Å²) in [5.74, 6) is 0.125. The molecule has 2 N–H and O–H groups in total. The number of esters is 1. The number of ether oxygens (including phenoxy) is 2. The first-order valence-electron chi connectivity index (χ1n) is 7.34. The summed E-state index contributed by atoms with van der Waals surface area (Å²) in [6.07, 6.45) is 1.59. The summed E-state index contributed by atoms with van der Waals surface area (Å²) >= 11 is 0. The van der Waals surface area contributed by atoms with E-state index in [1.165, 1.54) is 6.07 Å². The molecule has 0 amide bonds. The second kappa shape index (κ2) is 6.89. The molecule has 4 nitrogen and oxygen atoms in total. The summed E-state index contributed by atoms with van der Waals surface area (Å²) in [5, 5.41) is 0. The minimum atomic E-state index is -0.265. The molecule has 5 heteroatoms. The lowest BCUT2D eigenvalue weighted by Gasteiger charge is -2.10. The highest BCUT2D eigenvalue weighted by molar-refractivity contribution is 5.70. The van der Waals surface area contributed by atoms with Crippen LogP contribution < -0.4 is 10.5 Å². The Labute approximate surface area is 124 Å². The minimum Gasteiger partial charge on any atom is -0.492 e. The maximum absolute atomic E-state index is 14.1. The Kier molecular flexibility index (Phi) is 5.17. The molecule has 0 heterocycles. The van der Waals surface area contributed by atoms with Gasteiger partial charge in [-0.15, -0.1) is 0 Å². The summed E-state index contributed by atoms with van der Waals surface area (Å²) in [4.78, 5) is 11.5. The van der Waals surface area contributed by atoms with Crippen LogP contribution in [0.1, 0.15) is 31.4 Å². The lowest BCUT2D eigenvalue weighted by molar-refractivity contribution is -0.144. The van der Waals surface area contributed by atoms with Gasteiger partial charge < -0.3 is 15.2 Å². The zero-order chi connectivity index (χ0) is 15.4. The second-order valence-corrected chi connectivity index (χ2v) is 5.61. The molecule has 0 saturated carbocycles. The third-order valence-corrected chi connectivity index (χ3v) is 3.54. The Morgan fingerprint density at radius 1 is 1.48 bits per heavy atom. The number of benzene rings is 1. The summed E-state index contributed by atoms with van der Waals surface area (Å²) in [5.41, 5.74) is 7.24. The number of fused-ring (bicyclic) bond motifs is 1. The SMILES string of the molecule is CCOC(=O)CC1Cc2cc(OCC(C)N)cc(F)c2C1. The van der Waals surface area contributed by atoms with Crippen molar-refractivity contribution in [3.8, 4) is 5.75 Å². The van der Waals surface area contributed by atoms with Crippen molar-refractivity contribution in [2.45, 2.75) is 39.2 Å². The smallest absolute Gasteiger partial charge is 0.306 e. The number of hydrogen-bond donors (Lipinski definition) is 1. The average molecular weight is 295 g/mol. The van der Waals surface area contributed by atoms with Gasteiger partial charge in [-0.2, -0.15) is 0 Å². The molecule has 1 aromatic rings. The van der Waals surface area contributed by atoms with Crippen LogP contribution in [0.25, 0.3) is 0 Å². The van der Waals surface area contributed by atoms with Crippen LogP contribution in [0.2, 0.25) is 0 Å². The molecule has 0 saturated heterocycles. The van der Waals surface area contributed by atoms with Gasteiger partial charge in [-0.1, -0.05) is 0 Å². The van der Waals surface area contributed by atoms with Gasteiger partial charge in [-0.3, -0.25) is 4.79 Å². The molecule has 21 heavy (non-hydrogen) atoms. The van der Waals surface area contributed by atoms with Gasteiger partial charge in [-0.05, 0) is 49.8 Å².